The molecular weight excluding hydrogens is 695 g/mol. The Morgan fingerprint density at radius 1 is 0.418 bits per heavy atom. The third-order valence-electron chi connectivity index (χ3n) is 9.68. The fourth-order valence-electron chi connectivity index (χ4n) is 7.10. The van der Waals surface area contributed by atoms with Crippen LogP contribution in [0.25, 0.3) is 0 Å². The van der Waals surface area contributed by atoms with Crippen molar-refractivity contribution in [2.45, 2.75) is 52.4 Å². The van der Waals surface area contributed by atoms with Gasteiger partial charge >= 0.3 is 0 Å². The van der Waals surface area contributed by atoms with Crippen molar-refractivity contribution in [3.8, 4) is 23.0 Å². The van der Waals surface area contributed by atoms with Gasteiger partial charge in [0.1, 0.15) is 36.2 Å². The zero-order chi connectivity index (χ0) is 37.9. The highest BCUT2D eigenvalue weighted by Gasteiger charge is 2.21. The average Bonchev–Trinajstić information content (AvgIpc) is 3.19. The Morgan fingerprint density at radius 2 is 0.727 bits per heavy atom. The Morgan fingerprint density at radius 3 is 1.07 bits per heavy atom. The third-order valence-corrected chi connectivity index (χ3v) is 9.68. The highest BCUT2D eigenvalue weighted by atomic mass is 16.6. The Balaban J connectivity index is 1.43. The van der Waals surface area contributed by atoms with Crippen LogP contribution in [0.4, 0.5) is 0 Å². The van der Waals surface area contributed by atoms with Gasteiger partial charge in [-0.2, -0.15) is 0 Å². The molecule has 0 radical (unpaired) electrons. The second kappa shape index (κ2) is 22.4. The smallest absolute Gasteiger partial charge is 0.126 e. The highest BCUT2D eigenvalue weighted by Crippen LogP contribution is 2.39. The van der Waals surface area contributed by atoms with Crippen molar-refractivity contribution in [2.24, 2.45) is 0 Å². The zero-order valence-corrected chi connectivity index (χ0v) is 32.8. The van der Waals surface area contributed by atoms with E-state index in [0.29, 0.717) is 105 Å². The summed E-state index contributed by atoms with van der Waals surface area (Å²) >= 11 is 0. The molecule has 1 aliphatic heterocycles. The van der Waals surface area contributed by atoms with E-state index in [1.165, 1.54) is 0 Å². The summed E-state index contributed by atoms with van der Waals surface area (Å²) in [5, 5.41) is 3.35. The predicted molar refractivity (Wildman–Crippen MR) is 216 cm³/mol. The van der Waals surface area contributed by atoms with E-state index < -0.39 is 0 Å². The van der Waals surface area contributed by atoms with E-state index in [0.717, 1.165) is 93.4 Å². The van der Waals surface area contributed by atoms with Crippen molar-refractivity contribution in [1.82, 2.24) is 5.32 Å². The normalized spacial score (nSPS) is 16.7. The van der Waals surface area contributed by atoms with E-state index in [2.05, 4.69) is 92.0 Å². The molecule has 1 heterocycles. The van der Waals surface area contributed by atoms with E-state index in [-0.39, 0.29) is 0 Å². The number of benzene rings is 4. The van der Waals surface area contributed by atoms with Crippen LogP contribution in [0.1, 0.15) is 71.2 Å². The lowest BCUT2D eigenvalue weighted by atomic mass is 9.91. The van der Waals surface area contributed by atoms with E-state index in [9.17, 15) is 0 Å². The second-order valence-electron chi connectivity index (χ2n) is 13.9. The van der Waals surface area contributed by atoms with E-state index in [1.54, 1.807) is 0 Å². The summed E-state index contributed by atoms with van der Waals surface area (Å²) in [4.78, 5) is 0. The summed E-state index contributed by atoms with van der Waals surface area (Å²) in [6, 6.07) is 26.0. The Kier molecular flexibility index (Phi) is 16.5. The summed E-state index contributed by atoms with van der Waals surface area (Å²) in [5.41, 5.74) is 8.93. The molecule has 2 aliphatic rings. The molecule has 0 saturated carbocycles. The lowest BCUT2D eigenvalue weighted by Crippen LogP contribution is -2.25. The molecular formula is C46H59NO8. The topological polar surface area (TPSA) is 85.9 Å². The minimum Gasteiger partial charge on any atom is -0.493 e. The van der Waals surface area contributed by atoms with E-state index in [1.807, 2.05) is 0 Å². The molecule has 4 aromatic carbocycles. The monoisotopic (exact) mass is 753 g/mol. The molecule has 0 amide bonds. The number of hydrogen-bond acceptors (Lipinski definition) is 9. The maximum atomic E-state index is 6.69. The molecule has 55 heavy (non-hydrogen) atoms. The summed E-state index contributed by atoms with van der Waals surface area (Å²) in [6.07, 6.45) is 4.44. The van der Waals surface area contributed by atoms with Crippen LogP contribution in [0.2, 0.25) is 0 Å². The van der Waals surface area contributed by atoms with Crippen molar-refractivity contribution in [1.29, 1.82) is 0 Å². The predicted octanol–water partition coefficient (Wildman–Crippen LogP) is 7.37. The molecule has 296 valence electrons. The Labute approximate surface area is 327 Å². The van der Waals surface area contributed by atoms with Gasteiger partial charge in [0.25, 0.3) is 0 Å². The number of fused-ring (bicyclic) bond motifs is 2. The molecule has 4 aromatic rings. The van der Waals surface area contributed by atoms with Gasteiger partial charge in [0.15, 0.2) is 0 Å². The van der Waals surface area contributed by atoms with Crippen molar-refractivity contribution in [3.63, 3.8) is 0 Å². The molecule has 6 rings (SSSR count). The van der Waals surface area contributed by atoms with E-state index in [4.69, 9.17) is 37.9 Å². The number of rotatable bonds is 6. The average molecular weight is 754 g/mol. The maximum Gasteiger partial charge on any atom is 0.126 e. The number of para-hydroxylation sites is 4. The van der Waals surface area contributed by atoms with Crippen LogP contribution in [0, 0.1) is 0 Å². The maximum absolute atomic E-state index is 6.69. The van der Waals surface area contributed by atoms with Gasteiger partial charge in [-0.15, -0.1) is 0 Å². The van der Waals surface area contributed by atoms with Crippen LogP contribution in [0.15, 0.2) is 72.8 Å². The number of hydrogen-bond donors (Lipinski definition) is 1. The van der Waals surface area contributed by atoms with Gasteiger partial charge in [0.05, 0.1) is 66.1 Å². The summed E-state index contributed by atoms with van der Waals surface area (Å²) in [5.74, 6) is 3.64. The molecule has 1 aliphatic carbocycles. The van der Waals surface area contributed by atoms with Gasteiger partial charge in [0, 0.05) is 38.8 Å². The number of nitrogens with one attached hydrogen (secondary N) is 1. The third kappa shape index (κ3) is 11.9. The lowest BCUT2D eigenvalue weighted by Gasteiger charge is -2.23. The van der Waals surface area contributed by atoms with Crippen LogP contribution in [-0.4, -0.2) is 92.4 Å². The summed E-state index contributed by atoms with van der Waals surface area (Å²) in [7, 11) is 0. The van der Waals surface area contributed by atoms with E-state index >= 15 is 0 Å². The van der Waals surface area contributed by atoms with Crippen LogP contribution < -0.4 is 24.3 Å². The first-order valence-corrected chi connectivity index (χ1v) is 20.2. The van der Waals surface area contributed by atoms with Crippen LogP contribution >= 0.6 is 0 Å². The van der Waals surface area contributed by atoms with Gasteiger partial charge in [-0.3, -0.25) is 0 Å². The largest absolute Gasteiger partial charge is 0.493 e. The first-order chi connectivity index (χ1) is 27.2. The Hall–Kier alpha value is -4.12. The van der Waals surface area contributed by atoms with Crippen LogP contribution in [0.3, 0.4) is 0 Å². The van der Waals surface area contributed by atoms with Crippen molar-refractivity contribution in [3.05, 3.63) is 117 Å². The zero-order valence-electron chi connectivity index (χ0n) is 32.8. The van der Waals surface area contributed by atoms with Crippen molar-refractivity contribution in [2.75, 3.05) is 92.4 Å². The molecule has 1 N–H and O–H groups in total. The first-order valence-electron chi connectivity index (χ1n) is 20.2. The van der Waals surface area contributed by atoms with Gasteiger partial charge in [-0.05, 0) is 57.3 Å². The van der Waals surface area contributed by atoms with Gasteiger partial charge < -0.3 is 43.2 Å². The second-order valence-corrected chi connectivity index (χ2v) is 13.9. The highest BCUT2D eigenvalue weighted by molar-refractivity contribution is 5.56. The minimum atomic E-state index is 0.423. The fraction of sp³-hybridized carbons (Fsp3) is 0.478. The first kappa shape index (κ1) is 40.5. The van der Waals surface area contributed by atoms with Crippen molar-refractivity contribution < 1.29 is 37.9 Å². The molecule has 0 unspecified atom stereocenters. The van der Waals surface area contributed by atoms with Crippen LogP contribution in [-0.2, 0) is 44.6 Å². The molecule has 0 fully saturated rings. The minimum absolute atomic E-state index is 0.423. The van der Waals surface area contributed by atoms with Crippen LogP contribution in [0.5, 0.6) is 23.0 Å². The lowest BCUT2D eigenvalue weighted by molar-refractivity contribution is 0.0322. The molecule has 9 heteroatoms. The molecule has 0 aromatic heterocycles. The SMILES string of the molecule is CCCOc1c2cccc1Cc1cccc3c1OCCOCCOCCNCCOCCOCCOc1c(cccc1Cc1cccc(c1OCCC)C3)C2. The molecule has 0 saturated heterocycles. The quantitative estimate of drug-likeness (QED) is 0.191. The summed E-state index contributed by atoms with van der Waals surface area (Å²) < 4.78 is 50.0. The Bertz CT molecular complexity index is 1550. The standard InChI is InChI=1S/C46H59NO8/c1-3-19-52-43-35-9-5-10-36(43)32-40-14-8-16-42-34-38-12-6-11-37(44(38)53-20-4-2)33-41-15-7-13-39(31-35)45(41)54-29-27-50-25-23-48-21-17-47-18-22-49-24-26-51-28-30-55-46(40)42/h5-16,47H,3-4,17-34H2,1-2H3. The molecule has 9 nitrogen and oxygen atoms in total. The van der Waals surface area contributed by atoms with Gasteiger partial charge in [-0.1, -0.05) is 86.6 Å². The molecule has 0 spiro atoms. The molecule has 0 atom stereocenters. The fourth-order valence-corrected chi connectivity index (χ4v) is 7.10. The molecule has 10 bridgehead atoms. The van der Waals surface area contributed by atoms with Gasteiger partial charge in [0.2, 0.25) is 0 Å². The summed E-state index contributed by atoms with van der Waals surface area (Å²) in [6.45, 7) is 12.1. The van der Waals surface area contributed by atoms with Gasteiger partial charge in [-0.25, -0.2) is 0 Å². The number of ether oxygens (including phenoxy) is 8. The van der Waals surface area contributed by atoms with Crippen molar-refractivity contribution >= 4 is 0 Å².